The molecule has 0 aliphatic carbocycles. The topological polar surface area (TPSA) is 75.5 Å². The highest BCUT2D eigenvalue weighted by Gasteiger charge is 2.09. The summed E-state index contributed by atoms with van der Waals surface area (Å²) in [4.78, 5) is 13.5. The van der Waals surface area contributed by atoms with Crippen molar-refractivity contribution in [3.05, 3.63) is 28.2 Å². The minimum absolute atomic E-state index is 0.120. The lowest BCUT2D eigenvalue weighted by Crippen LogP contribution is -1.96. The number of aromatic amines is 1. The molecule has 2 aromatic rings. The molecule has 0 saturated heterocycles. The van der Waals surface area contributed by atoms with Gasteiger partial charge in [-0.2, -0.15) is 0 Å². The highest BCUT2D eigenvalue weighted by molar-refractivity contribution is 5.80. The van der Waals surface area contributed by atoms with Crippen molar-refractivity contribution in [1.29, 1.82) is 0 Å². The number of H-pyrrole nitrogens is 1. The van der Waals surface area contributed by atoms with Gasteiger partial charge in [0.2, 0.25) is 0 Å². The van der Waals surface area contributed by atoms with Crippen molar-refractivity contribution < 1.29 is 14.3 Å². The molecule has 1 aromatic carbocycles. The van der Waals surface area contributed by atoms with Crippen LogP contribution in [0.2, 0.25) is 0 Å². The van der Waals surface area contributed by atoms with Gasteiger partial charge in [0.15, 0.2) is 5.58 Å². The molecule has 15 heavy (non-hydrogen) atoms. The molecule has 0 fully saturated rings. The maximum atomic E-state index is 11.0. The number of fused-ring (bicyclic) bond motifs is 1. The second-order valence-electron chi connectivity index (χ2n) is 3.07. The number of ether oxygens (including phenoxy) is 1. The Balaban J connectivity index is 2.67. The largest absolute Gasteiger partial charge is 0.492 e. The van der Waals surface area contributed by atoms with Gasteiger partial charge in [0.25, 0.3) is 0 Å². The Labute approximate surface area is 85.3 Å². The Morgan fingerprint density at radius 1 is 1.53 bits per heavy atom. The summed E-state index contributed by atoms with van der Waals surface area (Å²) in [6.45, 7) is 2.21. The number of aromatic nitrogens is 1. The fourth-order valence-electron chi connectivity index (χ4n) is 1.44. The van der Waals surface area contributed by atoms with E-state index in [2.05, 4.69) is 4.98 Å². The highest BCUT2D eigenvalue weighted by atomic mass is 16.5. The van der Waals surface area contributed by atoms with Crippen LogP contribution in [0.4, 0.5) is 0 Å². The van der Waals surface area contributed by atoms with E-state index in [9.17, 15) is 4.79 Å². The van der Waals surface area contributed by atoms with Gasteiger partial charge in [-0.25, -0.2) is 4.79 Å². The maximum absolute atomic E-state index is 11.0. The highest BCUT2D eigenvalue weighted by Crippen LogP contribution is 2.25. The average molecular weight is 209 g/mol. The molecule has 0 saturated carbocycles. The van der Waals surface area contributed by atoms with E-state index in [1.807, 2.05) is 6.92 Å². The van der Waals surface area contributed by atoms with Crippen molar-refractivity contribution >= 4 is 11.1 Å². The second-order valence-corrected chi connectivity index (χ2v) is 3.07. The molecule has 5 heteroatoms. The zero-order valence-corrected chi connectivity index (χ0v) is 8.24. The zero-order chi connectivity index (χ0) is 10.8. The normalized spacial score (nSPS) is 10.8. The van der Waals surface area contributed by atoms with Crippen LogP contribution in [0.1, 0.15) is 12.5 Å². The Bertz CT molecular complexity index is 526. The number of nitrogens with one attached hydrogen (secondary N) is 1. The molecule has 80 valence electrons. The first-order valence-electron chi connectivity index (χ1n) is 4.64. The van der Waals surface area contributed by atoms with Crippen LogP contribution in [0, 0.1) is 0 Å². The molecule has 0 aliphatic rings. The summed E-state index contributed by atoms with van der Waals surface area (Å²) in [5, 5.41) is 9.01. The molecule has 5 nitrogen and oxygen atoms in total. The molecular weight excluding hydrogens is 198 g/mol. The van der Waals surface area contributed by atoms with Crippen molar-refractivity contribution in [3.8, 4) is 5.75 Å². The van der Waals surface area contributed by atoms with Gasteiger partial charge in [0.1, 0.15) is 11.3 Å². The summed E-state index contributed by atoms with van der Waals surface area (Å²) < 4.78 is 10.2. The lowest BCUT2D eigenvalue weighted by molar-refractivity contribution is 0.280. The third-order valence-corrected chi connectivity index (χ3v) is 2.04. The fraction of sp³-hybridized carbons (Fsp3) is 0.300. The van der Waals surface area contributed by atoms with Crippen LogP contribution < -0.4 is 10.5 Å². The smallest absolute Gasteiger partial charge is 0.417 e. The van der Waals surface area contributed by atoms with E-state index in [0.29, 0.717) is 29.0 Å². The van der Waals surface area contributed by atoms with Crippen LogP contribution in [0.25, 0.3) is 11.1 Å². The summed E-state index contributed by atoms with van der Waals surface area (Å²) in [6.07, 6.45) is 0. The van der Waals surface area contributed by atoms with Crippen molar-refractivity contribution in [2.75, 3.05) is 6.61 Å². The van der Waals surface area contributed by atoms with Crippen molar-refractivity contribution in [3.63, 3.8) is 0 Å². The number of hydrogen-bond donors (Lipinski definition) is 2. The number of hydrogen-bond acceptors (Lipinski definition) is 4. The molecule has 0 aliphatic heterocycles. The van der Waals surface area contributed by atoms with E-state index in [-0.39, 0.29) is 6.61 Å². The van der Waals surface area contributed by atoms with Gasteiger partial charge in [0, 0.05) is 0 Å². The molecule has 0 spiro atoms. The molecule has 0 amide bonds. The van der Waals surface area contributed by atoms with Crippen LogP contribution in [0.3, 0.4) is 0 Å². The molecule has 1 heterocycles. The summed E-state index contributed by atoms with van der Waals surface area (Å²) in [5.74, 6) is -0.00839. The van der Waals surface area contributed by atoms with Crippen LogP contribution in [0.15, 0.2) is 21.3 Å². The number of aliphatic hydroxyl groups is 1. The first-order chi connectivity index (χ1) is 7.24. The van der Waals surface area contributed by atoms with E-state index < -0.39 is 5.76 Å². The van der Waals surface area contributed by atoms with Gasteiger partial charge in [0.05, 0.1) is 13.2 Å². The Morgan fingerprint density at radius 2 is 2.33 bits per heavy atom. The minimum Gasteiger partial charge on any atom is -0.492 e. The lowest BCUT2D eigenvalue weighted by Gasteiger charge is -2.05. The van der Waals surface area contributed by atoms with E-state index in [1.54, 1.807) is 12.1 Å². The Morgan fingerprint density at radius 3 is 3.00 bits per heavy atom. The van der Waals surface area contributed by atoms with Crippen LogP contribution in [-0.2, 0) is 6.61 Å². The van der Waals surface area contributed by atoms with Crippen LogP contribution in [0.5, 0.6) is 5.75 Å². The summed E-state index contributed by atoms with van der Waals surface area (Å²) in [5.41, 5.74) is 1.57. The predicted molar refractivity (Wildman–Crippen MR) is 53.9 cm³/mol. The molecule has 0 atom stereocenters. The van der Waals surface area contributed by atoms with E-state index in [1.165, 1.54) is 0 Å². The lowest BCUT2D eigenvalue weighted by atomic mass is 10.2. The van der Waals surface area contributed by atoms with Crippen molar-refractivity contribution in [1.82, 2.24) is 4.98 Å². The zero-order valence-electron chi connectivity index (χ0n) is 8.24. The van der Waals surface area contributed by atoms with Crippen LogP contribution >= 0.6 is 0 Å². The SMILES string of the molecule is CCOc1cc(CO)cc2oc(=O)[nH]c12. The third-order valence-electron chi connectivity index (χ3n) is 2.04. The number of oxazole rings is 1. The molecule has 0 bridgehead atoms. The minimum atomic E-state index is -0.527. The average Bonchev–Trinajstić information content (AvgIpc) is 2.58. The summed E-state index contributed by atoms with van der Waals surface area (Å²) in [6, 6.07) is 3.28. The first kappa shape index (κ1) is 9.79. The number of rotatable bonds is 3. The van der Waals surface area contributed by atoms with E-state index in [0.717, 1.165) is 0 Å². The second kappa shape index (κ2) is 3.78. The number of aliphatic hydroxyl groups excluding tert-OH is 1. The molecule has 1 aromatic heterocycles. The molecule has 2 N–H and O–H groups in total. The van der Waals surface area contributed by atoms with Gasteiger partial charge in [-0.1, -0.05) is 0 Å². The molecule has 2 rings (SSSR count). The first-order valence-corrected chi connectivity index (χ1v) is 4.64. The van der Waals surface area contributed by atoms with Crippen molar-refractivity contribution in [2.24, 2.45) is 0 Å². The van der Waals surface area contributed by atoms with E-state index in [4.69, 9.17) is 14.3 Å². The molecule has 0 unspecified atom stereocenters. The maximum Gasteiger partial charge on any atom is 0.417 e. The Hall–Kier alpha value is -1.75. The number of benzene rings is 1. The van der Waals surface area contributed by atoms with Gasteiger partial charge >= 0.3 is 5.76 Å². The van der Waals surface area contributed by atoms with Gasteiger partial charge in [-0.05, 0) is 24.6 Å². The molecule has 0 radical (unpaired) electrons. The van der Waals surface area contributed by atoms with Gasteiger partial charge in [-0.15, -0.1) is 0 Å². The standard InChI is InChI=1S/C10H11NO4/c1-2-14-7-3-6(5-12)4-8-9(7)11-10(13)15-8/h3-4,12H,2,5H2,1H3,(H,11,13). The van der Waals surface area contributed by atoms with Gasteiger partial charge < -0.3 is 14.3 Å². The quantitative estimate of drug-likeness (QED) is 0.791. The van der Waals surface area contributed by atoms with Crippen molar-refractivity contribution in [2.45, 2.75) is 13.5 Å². The Kier molecular flexibility index (Phi) is 2.47. The van der Waals surface area contributed by atoms with Crippen LogP contribution in [-0.4, -0.2) is 16.7 Å². The molecular formula is C10H11NO4. The third kappa shape index (κ3) is 1.73. The van der Waals surface area contributed by atoms with E-state index >= 15 is 0 Å². The summed E-state index contributed by atoms with van der Waals surface area (Å²) in [7, 11) is 0. The predicted octanol–water partition coefficient (Wildman–Crippen LogP) is 1.01. The fourth-order valence-corrected chi connectivity index (χ4v) is 1.44. The van der Waals surface area contributed by atoms with Gasteiger partial charge in [-0.3, -0.25) is 4.98 Å². The monoisotopic (exact) mass is 209 g/mol. The summed E-state index contributed by atoms with van der Waals surface area (Å²) >= 11 is 0.